The Balaban J connectivity index is 2.36. The fraction of sp³-hybridized carbons (Fsp3) is 0.250. The third kappa shape index (κ3) is 1.85. The Morgan fingerprint density at radius 2 is 2.27 bits per heavy atom. The van der Waals surface area contributed by atoms with Gasteiger partial charge in [-0.1, -0.05) is 0 Å². The van der Waals surface area contributed by atoms with Crippen molar-refractivity contribution in [2.45, 2.75) is 6.54 Å². The van der Waals surface area contributed by atoms with Crippen LogP contribution >= 0.6 is 0 Å². The molecule has 0 bridgehead atoms. The highest BCUT2D eigenvalue weighted by Gasteiger charge is 2.04. The molecule has 7 heteroatoms. The van der Waals surface area contributed by atoms with Crippen molar-refractivity contribution < 1.29 is 0 Å². The minimum atomic E-state index is -0.132. The molecule has 0 unspecified atom stereocenters. The largest absolute Gasteiger partial charge is 0.398 e. The summed E-state index contributed by atoms with van der Waals surface area (Å²) in [7, 11) is 1.71. The summed E-state index contributed by atoms with van der Waals surface area (Å²) in [6.45, 7) is 0.313. The third-order valence-corrected chi connectivity index (χ3v) is 2.03. The van der Waals surface area contributed by atoms with Crippen molar-refractivity contribution >= 4 is 5.69 Å². The topological polar surface area (TPSA) is 91.6 Å². The van der Waals surface area contributed by atoms with Crippen LogP contribution in [-0.2, 0) is 13.6 Å². The summed E-state index contributed by atoms with van der Waals surface area (Å²) in [6, 6.07) is 2.98. The molecule has 0 saturated heterocycles. The molecule has 0 aliphatic carbocycles. The molecule has 2 N–H and O–H groups in total. The lowest BCUT2D eigenvalue weighted by molar-refractivity contribution is 0.635. The van der Waals surface area contributed by atoms with Crippen molar-refractivity contribution in [1.29, 1.82) is 0 Å². The molecule has 2 heterocycles. The number of nitrogen functional groups attached to an aromatic ring is 1. The smallest absolute Gasteiger partial charge is 0.251 e. The summed E-state index contributed by atoms with van der Waals surface area (Å²) in [4.78, 5) is 11.4. The van der Waals surface area contributed by atoms with Gasteiger partial charge in [0.15, 0.2) is 5.82 Å². The number of hydrogen-bond acceptors (Lipinski definition) is 5. The molecule has 15 heavy (non-hydrogen) atoms. The van der Waals surface area contributed by atoms with Gasteiger partial charge in [0.05, 0.1) is 6.54 Å². The minimum Gasteiger partial charge on any atom is -0.398 e. The second-order valence-electron chi connectivity index (χ2n) is 3.15. The lowest BCUT2D eigenvalue weighted by Gasteiger charge is -2.04. The third-order valence-electron chi connectivity index (χ3n) is 2.03. The monoisotopic (exact) mass is 206 g/mol. The normalized spacial score (nSPS) is 10.5. The number of aromatic nitrogens is 5. The van der Waals surface area contributed by atoms with Crippen LogP contribution < -0.4 is 11.3 Å². The zero-order valence-corrected chi connectivity index (χ0v) is 8.16. The molecule has 0 spiro atoms. The number of tetrazole rings is 1. The van der Waals surface area contributed by atoms with Gasteiger partial charge < -0.3 is 10.3 Å². The Morgan fingerprint density at radius 1 is 1.47 bits per heavy atom. The molecule has 0 atom stereocenters. The van der Waals surface area contributed by atoms with Crippen LogP contribution in [0.3, 0.4) is 0 Å². The maximum absolute atomic E-state index is 11.4. The van der Waals surface area contributed by atoms with E-state index in [-0.39, 0.29) is 5.56 Å². The highest BCUT2D eigenvalue weighted by molar-refractivity contribution is 5.33. The average molecular weight is 206 g/mol. The quantitative estimate of drug-likeness (QED) is 0.680. The first-order valence-electron chi connectivity index (χ1n) is 4.34. The molecule has 2 rings (SSSR count). The van der Waals surface area contributed by atoms with Gasteiger partial charge in [0.1, 0.15) is 0 Å². The SMILES string of the molecule is Cn1nnnc1Cn1cc(N)ccc1=O. The van der Waals surface area contributed by atoms with E-state index in [2.05, 4.69) is 15.5 Å². The summed E-state index contributed by atoms with van der Waals surface area (Å²) in [5, 5.41) is 10.9. The summed E-state index contributed by atoms with van der Waals surface area (Å²) in [5.41, 5.74) is 5.98. The molecule has 0 aliphatic heterocycles. The zero-order chi connectivity index (χ0) is 10.8. The number of hydrogen-bond donors (Lipinski definition) is 1. The summed E-state index contributed by atoms with van der Waals surface area (Å²) < 4.78 is 2.97. The first kappa shape index (κ1) is 9.38. The van der Waals surface area contributed by atoms with E-state index < -0.39 is 0 Å². The van der Waals surface area contributed by atoms with Gasteiger partial charge in [-0.15, -0.1) is 5.10 Å². The minimum absolute atomic E-state index is 0.132. The molecule has 2 aromatic rings. The molecule has 0 radical (unpaired) electrons. The lowest BCUT2D eigenvalue weighted by Crippen LogP contribution is -2.21. The summed E-state index contributed by atoms with van der Waals surface area (Å²) in [6.07, 6.45) is 1.57. The van der Waals surface area contributed by atoms with Crippen LogP contribution in [0.4, 0.5) is 5.69 Å². The van der Waals surface area contributed by atoms with Crippen LogP contribution in [0.25, 0.3) is 0 Å². The number of anilines is 1. The van der Waals surface area contributed by atoms with Crippen molar-refractivity contribution in [3.05, 3.63) is 34.5 Å². The van der Waals surface area contributed by atoms with Gasteiger partial charge in [0.2, 0.25) is 0 Å². The molecule has 0 saturated carbocycles. The molecular formula is C8H10N6O. The Bertz CT molecular complexity index is 528. The maximum atomic E-state index is 11.4. The van der Waals surface area contributed by atoms with Gasteiger partial charge in [-0.25, -0.2) is 4.68 Å². The van der Waals surface area contributed by atoms with Gasteiger partial charge in [-0.2, -0.15) is 0 Å². The van der Waals surface area contributed by atoms with Gasteiger partial charge in [0.25, 0.3) is 5.56 Å². The van der Waals surface area contributed by atoms with E-state index in [1.54, 1.807) is 19.3 Å². The number of nitrogens with zero attached hydrogens (tertiary/aromatic N) is 5. The fourth-order valence-corrected chi connectivity index (χ4v) is 1.21. The van der Waals surface area contributed by atoms with Crippen LogP contribution in [0.1, 0.15) is 5.82 Å². The van der Waals surface area contributed by atoms with E-state index in [0.717, 1.165) is 0 Å². The molecule has 0 amide bonds. The molecule has 2 aromatic heterocycles. The van der Waals surface area contributed by atoms with E-state index in [1.165, 1.54) is 15.3 Å². The standard InChI is InChI=1S/C8H10N6O/c1-13-7(10-11-12-13)5-14-4-6(9)2-3-8(14)15/h2-4H,5,9H2,1H3. The van der Waals surface area contributed by atoms with Crippen molar-refractivity contribution in [1.82, 2.24) is 24.8 Å². The van der Waals surface area contributed by atoms with E-state index in [0.29, 0.717) is 18.1 Å². The van der Waals surface area contributed by atoms with Gasteiger partial charge >= 0.3 is 0 Å². The predicted octanol–water partition coefficient (Wildman–Crippen LogP) is -0.998. The number of aryl methyl sites for hydroxylation is 1. The van der Waals surface area contributed by atoms with Gasteiger partial charge in [-0.3, -0.25) is 4.79 Å². The number of nitrogens with two attached hydrogens (primary N) is 1. The molecule has 0 fully saturated rings. The molecule has 7 nitrogen and oxygen atoms in total. The summed E-state index contributed by atoms with van der Waals surface area (Å²) >= 11 is 0. The van der Waals surface area contributed by atoms with E-state index >= 15 is 0 Å². The van der Waals surface area contributed by atoms with Crippen LogP contribution in [0.15, 0.2) is 23.1 Å². The molecule has 0 aromatic carbocycles. The number of pyridine rings is 1. The summed E-state index contributed by atoms with van der Waals surface area (Å²) in [5.74, 6) is 0.600. The molecular weight excluding hydrogens is 196 g/mol. The Kier molecular flexibility index (Phi) is 2.20. The second kappa shape index (κ2) is 3.52. The van der Waals surface area contributed by atoms with Gasteiger partial charge in [0, 0.05) is 25.0 Å². The Hall–Kier alpha value is -2.18. The van der Waals surface area contributed by atoms with Crippen molar-refractivity contribution in [2.24, 2.45) is 7.05 Å². The molecule has 78 valence electrons. The van der Waals surface area contributed by atoms with Crippen LogP contribution in [-0.4, -0.2) is 24.8 Å². The molecule has 0 aliphatic rings. The highest BCUT2D eigenvalue weighted by atomic mass is 16.1. The van der Waals surface area contributed by atoms with E-state index in [1.807, 2.05) is 0 Å². The van der Waals surface area contributed by atoms with Crippen LogP contribution in [0.2, 0.25) is 0 Å². The predicted molar refractivity (Wildman–Crippen MR) is 53.0 cm³/mol. The first-order chi connectivity index (χ1) is 7.16. The second-order valence-corrected chi connectivity index (χ2v) is 3.15. The fourth-order valence-electron chi connectivity index (χ4n) is 1.21. The first-order valence-corrected chi connectivity index (χ1v) is 4.34. The van der Waals surface area contributed by atoms with E-state index in [9.17, 15) is 4.79 Å². The van der Waals surface area contributed by atoms with Gasteiger partial charge in [-0.05, 0) is 16.5 Å². The zero-order valence-electron chi connectivity index (χ0n) is 8.16. The maximum Gasteiger partial charge on any atom is 0.251 e. The van der Waals surface area contributed by atoms with E-state index in [4.69, 9.17) is 5.73 Å². The van der Waals surface area contributed by atoms with Crippen molar-refractivity contribution in [3.8, 4) is 0 Å². The van der Waals surface area contributed by atoms with Crippen molar-refractivity contribution in [3.63, 3.8) is 0 Å². The Morgan fingerprint density at radius 3 is 2.93 bits per heavy atom. The lowest BCUT2D eigenvalue weighted by atomic mass is 10.4. The van der Waals surface area contributed by atoms with Crippen LogP contribution in [0, 0.1) is 0 Å². The Labute approximate surface area is 85.1 Å². The average Bonchev–Trinajstić information content (AvgIpc) is 2.58. The number of rotatable bonds is 2. The van der Waals surface area contributed by atoms with Crippen LogP contribution in [0.5, 0.6) is 0 Å². The van der Waals surface area contributed by atoms with Crippen molar-refractivity contribution in [2.75, 3.05) is 5.73 Å². The highest BCUT2D eigenvalue weighted by Crippen LogP contribution is 1.98.